The van der Waals surface area contributed by atoms with Gasteiger partial charge in [0.2, 0.25) is 0 Å². The summed E-state index contributed by atoms with van der Waals surface area (Å²) in [5, 5.41) is 0. The van der Waals surface area contributed by atoms with E-state index in [0.717, 1.165) is 25.8 Å². The number of hydrogen-bond donors (Lipinski definition) is 0. The molecule has 1 rings (SSSR count). The Morgan fingerprint density at radius 3 is 2.65 bits per heavy atom. The molecule has 0 N–H and O–H groups in total. The van der Waals surface area contributed by atoms with Crippen molar-refractivity contribution >= 4 is 6.72 Å². The van der Waals surface area contributed by atoms with Crippen LogP contribution >= 0.6 is 0 Å². The van der Waals surface area contributed by atoms with Gasteiger partial charge in [0.15, 0.2) is 0 Å². The Balaban J connectivity index is 2.71. The van der Waals surface area contributed by atoms with Crippen LogP contribution in [0, 0.1) is 5.92 Å². The van der Waals surface area contributed by atoms with E-state index in [1.807, 2.05) is 0 Å². The fourth-order valence-electron chi connectivity index (χ4n) is 2.65. The maximum atomic E-state index is 4.40. The molecule has 17 heavy (non-hydrogen) atoms. The molecule has 0 saturated heterocycles. The largest absolute Gasteiger partial charge is 0.309 e. The second-order valence-corrected chi connectivity index (χ2v) is 5.64. The zero-order valence-corrected chi connectivity index (χ0v) is 11.7. The van der Waals surface area contributed by atoms with Gasteiger partial charge < -0.3 is 4.90 Å². The third-order valence-electron chi connectivity index (χ3n) is 3.39. The molecule has 0 saturated carbocycles. The van der Waals surface area contributed by atoms with Crippen molar-refractivity contribution in [3.63, 3.8) is 0 Å². The highest BCUT2D eigenvalue weighted by Gasteiger charge is 2.28. The lowest BCUT2D eigenvalue weighted by molar-refractivity contribution is 0.297. The van der Waals surface area contributed by atoms with E-state index in [1.165, 1.54) is 5.57 Å². The van der Waals surface area contributed by atoms with Crippen molar-refractivity contribution in [2.24, 2.45) is 10.9 Å². The Hall–Kier alpha value is -0.890. The maximum absolute atomic E-state index is 4.40. The SMILES string of the molecule is C=NC(C)(CC(C)CN(C)C)C1=CCCC=C1. The van der Waals surface area contributed by atoms with Crippen molar-refractivity contribution in [3.05, 3.63) is 23.8 Å². The van der Waals surface area contributed by atoms with Gasteiger partial charge in [-0.05, 0) is 58.5 Å². The summed E-state index contributed by atoms with van der Waals surface area (Å²) in [5.74, 6) is 0.622. The van der Waals surface area contributed by atoms with Crippen LogP contribution in [-0.4, -0.2) is 37.8 Å². The van der Waals surface area contributed by atoms with Crippen LogP contribution in [0.25, 0.3) is 0 Å². The maximum Gasteiger partial charge on any atom is 0.0821 e. The lowest BCUT2D eigenvalue weighted by Crippen LogP contribution is -2.31. The average molecular weight is 234 g/mol. The number of hydrogen-bond acceptors (Lipinski definition) is 2. The molecule has 2 nitrogen and oxygen atoms in total. The predicted molar refractivity (Wildman–Crippen MR) is 76.7 cm³/mol. The topological polar surface area (TPSA) is 15.6 Å². The molecule has 0 fully saturated rings. The summed E-state index contributed by atoms with van der Waals surface area (Å²) in [6.07, 6.45) is 10.1. The lowest BCUT2D eigenvalue weighted by atomic mass is 9.81. The molecule has 1 aliphatic rings. The first kappa shape index (κ1) is 14.2. The van der Waals surface area contributed by atoms with Crippen LogP contribution in [0.15, 0.2) is 28.8 Å². The van der Waals surface area contributed by atoms with Crippen LogP contribution in [0.2, 0.25) is 0 Å². The van der Waals surface area contributed by atoms with Gasteiger partial charge in [-0.1, -0.05) is 25.2 Å². The second kappa shape index (κ2) is 6.15. The summed E-state index contributed by atoms with van der Waals surface area (Å²) in [6.45, 7) is 9.39. The molecule has 1 aliphatic carbocycles. The van der Waals surface area contributed by atoms with Crippen LogP contribution < -0.4 is 0 Å². The van der Waals surface area contributed by atoms with E-state index in [0.29, 0.717) is 5.92 Å². The highest BCUT2D eigenvalue weighted by atomic mass is 15.1. The van der Waals surface area contributed by atoms with Crippen molar-refractivity contribution < 1.29 is 0 Å². The van der Waals surface area contributed by atoms with Gasteiger partial charge in [0.25, 0.3) is 0 Å². The van der Waals surface area contributed by atoms with E-state index in [1.54, 1.807) is 0 Å². The summed E-state index contributed by atoms with van der Waals surface area (Å²) in [7, 11) is 4.24. The molecule has 0 bridgehead atoms. The van der Waals surface area contributed by atoms with Gasteiger partial charge in [-0.3, -0.25) is 4.99 Å². The molecule has 2 atom stereocenters. The second-order valence-electron chi connectivity index (χ2n) is 5.64. The van der Waals surface area contributed by atoms with E-state index < -0.39 is 0 Å². The Morgan fingerprint density at radius 1 is 1.47 bits per heavy atom. The number of aliphatic imine (C=N–C) groups is 1. The highest BCUT2D eigenvalue weighted by molar-refractivity contribution is 5.38. The zero-order chi connectivity index (χ0) is 12.9. The first-order valence-corrected chi connectivity index (χ1v) is 6.48. The molecule has 0 aliphatic heterocycles. The first-order chi connectivity index (χ1) is 7.98. The van der Waals surface area contributed by atoms with Crippen molar-refractivity contribution in [2.75, 3.05) is 20.6 Å². The molecular formula is C15H26N2. The third-order valence-corrected chi connectivity index (χ3v) is 3.39. The van der Waals surface area contributed by atoms with Crippen LogP contribution in [0.5, 0.6) is 0 Å². The molecule has 0 spiro atoms. The van der Waals surface area contributed by atoms with Crippen LogP contribution in [0.4, 0.5) is 0 Å². The van der Waals surface area contributed by atoms with Gasteiger partial charge in [-0.2, -0.15) is 0 Å². The number of rotatable bonds is 6. The Bertz CT molecular complexity index is 315. The van der Waals surface area contributed by atoms with Crippen molar-refractivity contribution in [2.45, 2.75) is 38.6 Å². The molecule has 96 valence electrons. The molecule has 0 heterocycles. The van der Waals surface area contributed by atoms with E-state index in [2.05, 4.69) is 62.8 Å². The summed E-state index contributed by atoms with van der Waals surface area (Å²) < 4.78 is 0. The first-order valence-electron chi connectivity index (χ1n) is 6.48. The minimum absolute atomic E-state index is 0.119. The van der Waals surface area contributed by atoms with Gasteiger partial charge in [0, 0.05) is 6.54 Å². The smallest absolute Gasteiger partial charge is 0.0821 e. The summed E-state index contributed by atoms with van der Waals surface area (Å²) >= 11 is 0. The normalized spacial score (nSPS) is 20.9. The average Bonchev–Trinajstić information content (AvgIpc) is 2.29. The summed E-state index contributed by atoms with van der Waals surface area (Å²) in [6, 6.07) is 0. The van der Waals surface area contributed by atoms with E-state index in [9.17, 15) is 0 Å². The fraction of sp³-hybridized carbons (Fsp3) is 0.667. The van der Waals surface area contributed by atoms with Crippen molar-refractivity contribution in [1.29, 1.82) is 0 Å². The van der Waals surface area contributed by atoms with Gasteiger partial charge in [-0.25, -0.2) is 0 Å². The quantitative estimate of drug-likeness (QED) is 0.644. The Morgan fingerprint density at radius 2 is 2.18 bits per heavy atom. The number of nitrogens with zero attached hydrogens (tertiary/aromatic N) is 2. The van der Waals surface area contributed by atoms with Gasteiger partial charge in [0.1, 0.15) is 0 Å². The fourth-order valence-corrected chi connectivity index (χ4v) is 2.65. The Labute approximate surface area is 106 Å². The summed E-state index contributed by atoms with van der Waals surface area (Å²) in [5.41, 5.74) is 1.22. The predicted octanol–water partition coefficient (Wildman–Crippen LogP) is 3.31. The monoisotopic (exact) mass is 234 g/mol. The molecule has 0 aromatic carbocycles. The van der Waals surface area contributed by atoms with Crippen LogP contribution in [0.1, 0.15) is 33.1 Å². The minimum atomic E-state index is -0.119. The lowest BCUT2D eigenvalue weighted by Gasteiger charge is -2.31. The summed E-state index contributed by atoms with van der Waals surface area (Å²) in [4.78, 5) is 6.64. The van der Waals surface area contributed by atoms with Gasteiger partial charge in [0.05, 0.1) is 5.54 Å². The van der Waals surface area contributed by atoms with E-state index in [-0.39, 0.29) is 5.54 Å². The molecule has 0 amide bonds. The van der Waals surface area contributed by atoms with Gasteiger partial charge >= 0.3 is 0 Å². The van der Waals surface area contributed by atoms with Crippen molar-refractivity contribution in [3.8, 4) is 0 Å². The molecule has 0 radical (unpaired) electrons. The molecule has 2 unspecified atom stereocenters. The molecule has 0 aromatic heterocycles. The van der Waals surface area contributed by atoms with E-state index in [4.69, 9.17) is 0 Å². The standard InChI is InChI=1S/C15H26N2/c1-13(12-17(4)5)11-15(2,16-3)14-9-7-6-8-10-14/h7,9-10,13H,3,6,8,11-12H2,1-2,4-5H3. The molecule has 2 heteroatoms. The van der Waals surface area contributed by atoms with Crippen LogP contribution in [0.3, 0.4) is 0 Å². The molecular weight excluding hydrogens is 208 g/mol. The van der Waals surface area contributed by atoms with E-state index >= 15 is 0 Å². The Kier molecular flexibility index (Phi) is 5.13. The van der Waals surface area contributed by atoms with Gasteiger partial charge in [-0.15, -0.1) is 0 Å². The minimum Gasteiger partial charge on any atom is -0.309 e. The zero-order valence-electron chi connectivity index (χ0n) is 11.7. The number of allylic oxidation sites excluding steroid dienone is 2. The third kappa shape index (κ3) is 4.12. The van der Waals surface area contributed by atoms with Crippen LogP contribution in [-0.2, 0) is 0 Å². The van der Waals surface area contributed by atoms with Crippen molar-refractivity contribution in [1.82, 2.24) is 4.90 Å². The highest BCUT2D eigenvalue weighted by Crippen LogP contribution is 2.32. The molecule has 0 aromatic rings.